The first-order chi connectivity index (χ1) is 11.9. The molecule has 2 rings (SSSR count). The molecular weight excluding hydrogens is 324 g/mol. The topological polar surface area (TPSA) is 96.2 Å². The lowest BCUT2D eigenvalue weighted by molar-refractivity contribution is 0.00511. The van der Waals surface area contributed by atoms with Crippen LogP contribution in [0, 0.1) is 0 Å². The first kappa shape index (κ1) is 19.3. The zero-order valence-electron chi connectivity index (χ0n) is 14.6. The zero-order valence-corrected chi connectivity index (χ0v) is 14.6. The van der Waals surface area contributed by atoms with Crippen LogP contribution in [-0.4, -0.2) is 46.7 Å². The summed E-state index contributed by atoms with van der Waals surface area (Å²) in [6.07, 6.45) is 4.20. The Hall–Kier alpha value is -2.05. The fourth-order valence-corrected chi connectivity index (χ4v) is 2.91. The Morgan fingerprint density at radius 2 is 1.88 bits per heavy atom. The number of esters is 1. The van der Waals surface area contributed by atoms with E-state index in [2.05, 4.69) is 0 Å². The number of fused-ring (bicyclic) bond motifs is 1. The largest absolute Gasteiger partial charge is 0.508 e. The Kier molecular flexibility index (Phi) is 6.84. The van der Waals surface area contributed by atoms with E-state index in [1.54, 1.807) is 19.1 Å². The van der Waals surface area contributed by atoms with Crippen molar-refractivity contribution in [1.82, 2.24) is 0 Å². The molecule has 0 radical (unpaired) electrons. The number of allylic oxidation sites excluding steroid dienone is 1. The monoisotopic (exact) mass is 350 g/mol. The van der Waals surface area contributed by atoms with Crippen LogP contribution in [0.1, 0.15) is 54.9 Å². The summed E-state index contributed by atoms with van der Waals surface area (Å²) in [5, 5.41) is 29.8. The number of cyclic esters (lactones) is 1. The van der Waals surface area contributed by atoms with E-state index in [-0.39, 0.29) is 23.2 Å². The molecule has 1 aromatic carbocycles. The Morgan fingerprint density at radius 3 is 2.60 bits per heavy atom. The highest BCUT2D eigenvalue weighted by Gasteiger charge is 2.22. The summed E-state index contributed by atoms with van der Waals surface area (Å²) in [4.78, 5) is 12.6. The minimum absolute atomic E-state index is 0.0160. The molecule has 0 fully saturated rings. The van der Waals surface area contributed by atoms with E-state index in [0.29, 0.717) is 37.7 Å². The second kappa shape index (κ2) is 8.87. The fourth-order valence-electron chi connectivity index (χ4n) is 2.91. The van der Waals surface area contributed by atoms with E-state index in [4.69, 9.17) is 9.47 Å². The number of aliphatic hydroxyl groups excluding tert-OH is 2. The van der Waals surface area contributed by atoms with Crippen molar-refractivity contribution in [3.8, 4) is 11.5 Å². The first-order valence-corrected chi connectivity index (χ1v) is 8.57. The van der Waals surface area contributed by atoms with Crippen LogP contribution < -0.4 is 4.74 Å². The predicted octanol–water partition coefficient (Wildman–Crippen LogP) is 2.65. The minimum atomic E-state index is -0.788. The maximum absolute atomic E-state index is 12.6. The molecule has 0 aliphatic carbocycles. The van der Waals surface area contributed by atoms with Gasteiger partial charge in [-0.15, -0.1) is 0 Å². The van der Waals surface area contributed by atoms with Crippen molar-refractivity contribution in [3.05, 3.63) is 29.3 Å². The molecule has 1 aliphatic heterocycles. The Bertz CT molecular complexity index is 625. The van der Waals surface area contributed by atoms with E-state index < -0.39 is 18.2 Å². The van der Waals surface area contributed by atoms with Crippen LogP contribution in [0.25, 0.3) is 6.08 Å². The van der Waals surface area contributed by atoms with E-state index >= 15 is 0 Å². The molecule has 25 heavy (non-hydrogen) atoms. The van der Waals surface area contributed by atoms with Crippen molar-refractivity contribution in [1.29, 1.82) is 0 Å². The van der Waals surface area contributed by atoms with Gasteiger partial charge in [-0.25, -0.2) is 4.79 Å². The van der Waals surface area contributed by atoms with Crippen LogP contribution in [0.2, 0.25) is 0 Å². The lowest BCUT2D eigenvalue weighted by atomic mass is 10.00. The van der Waals surface area contributed by atoms with Gasteiger partial charge in [0.2, 0.25) is 0 Å². The maximum atomic E-state index is 12.6. The van der Waals surface area contributed by atoms with Gasteiger partial charge in [0.15, 0.2) is 0 Å². The molecule has 1 aromatic rings. The molecule has 138 valence electrons. The number of aliphatic hydroxyl groups is 2. The quantitative estimate of drug-likeness (QED) is 0.674. The summed E-state index contributed by atoms with van der Waals surface area (Å²) >= 11 is 0. The number of rotatable bonds is 1. The van der Waals surface area contributed by atoms with Crippen LogP contribution in [0.15, 0.2) is 18.2 Å². The number of ether oxygens (including phenoxy) is 2. The number of aromatic hydroxyl groups is 1. The molecule has 1 aliphatic rings. The van der Waals surface area contributed by atoms with Gasteiger partial charge in [0.05, 0.1) is 25.4 Å². The molecule has 0 amide bonds. The molecular formula is C19H26O6. The van der Waals surface area contributed by atoms with Crippen molar-refractivity contribution in [2.45, 2.75) is 57.3 Å². The van der Waals surface area contributed by atoms with Crippen molar-refractivity contribution >= 4 is 12.0 Å². The molecule has 3 atom stereocenters. The second-order valence-corrected chi connectivity index (χ2v) is 6.37. The molecule has 3 N–H and O–H groups in total. The molecule has 6 nitrogen and oxygen atoms in total. The summed E-state index contributed by atoms with van der Waals surface area (Å²) in [5.41, 5.74) is 0.752. The predicted molar refractivity (Wildman–Crippen MR) is 93.7 cm³/mol. The summed E-state index contributed by atoms with van der Waals surface area (Å²) in [7, 11) is 1.43. The minimum Gasteiger partial charge on any atom is -0.508 e. The molecule has 0 aromatic heterocycles. The van der Waals surface area contributed by atoms with Gasteiger partial charge < -0.3 is 24.8 Å². The molecule has 0 spiro atoms. The number of methoxy groups -OCH3 is 1. The number of phenolic OH excluding ortho intramolecular Hbond substituents is 1. The highest BCUT2D eigenvalue weighted by molar-refractivity contribution is 5.97. The standard InChI is InChI=1S/C19H26O6/c1-12-6-5-9-16(22)15(21)8-4-3-7-13-10-14(20)11-17(24-2)18(13)19(23)25-12/h3,7,10-12,15-16,20-22H,4-6,8-9H2,1-2H3/b7-3+/t12-,15-,16+/m0/s1. The lowest BCUT2D eigenvalue weighted by Gasteiger charge is -2.20. The van der Waals surface area contributed by atoms with Gasteiger partial charge in [0.1, 0.15) is 17.1 Å². The smallest absolute Gasteiger partial charge is 0.342 e. The number of carbonyl (C=O) groups excluding carboxylic acids is 1. The van der Waals surface area contributed by atoms with E-state index in [9.17, 15) is 20.1 Å². The Labute approximate surface area is 147 Å². The third-order valence-corrected chi connectivity index (χ3v) is 4.33. The van der Waals surface area contributed by atoms with Crippen molar-refractivity contribution in [3.63, 3.8) is 0 Å². The first-order valence-electron chi connectivity index (χ1n) is 8.57. The van der Waals surface area contributed by atoms with Gasteiger partial charge in [-0.05, 0) is 50.7 Å². The maximum Gasteiger partial charge on any atom is 0.342 e. The van der Waals surface area contributed by atoms with Gasteiger partial charge in [-0.1, -0.05) is 12.2 Å². The van der Waals surface area contributed by atoms with E-state index in [0.717, 1.165) is 0 Å². The summed E-state index contributed by atoms with van der Waals surface area (Å²) in [6, 6.07) is 2.85. The Morgan fingerprint density at radius 1 is 1.16 bits per heavy atom. The molecule has 1 heterocycles. The van der Waals surface area contributed by atoms with Crippen LogP contribution in [-0.2, 0) is 4.74 Å². The van der Waals surface area contributed by atoms with Gasteiger partial charge in [0, 0.05) is 6.07 Å². The van der Waals surface area contributed by atoms with Gasteiger partial charge in [-0.3, -0.25) is 0 Å². The van der Waals surface area contributed by atoms with Crippen LogP contribution in [0.4, 0.5) is 0 Å². The average molecular weight is 350 g/mol. The third kappa shape index (κ3) is 5.21. The van der Waals surface area contributed by atoms with E-state index in [1.807, 2.05) is 0 Å². The zero-order chi connectivity index (χ0) is 18.4. The molecule has 0 unspecified atom stereocenters. The SMILES string of the molecule is COc1cc(O)cc2c1C(=O)O[C@@H](C)CCC[C@@H](O)[C@@H](O)CC/C=C/2. The number of hydrogen-bond donors (Lipinski definition) is 3. The van der Waals surface area contributed by atoms with Crippen molar-refractivity contribution < 1.29 is 29.6 Å². The van der Waals surface area contributed by atoms with Gasteiger partial charge >= 0.3 is 5.97 Å². The lowest BCUT2D eigenvalue weighted by Crippen LogP contribution is -2.26. The second-order valence-electron chi connectivity index (χ2n) is 6.37. The molecule has 0 bridgehead atoms. The number of benzene rings is 1. The number of hydrogen-bond acceptors (Lipinski definition) is 6. The highest BCUT2D eigenvalue weighted by atomic mass is 16.5. The molecule has 0 saturated heterocycles. The summed E-state index contributed by atoms with van der Waals surface area (Å²) in [5.74, 6) is -0.279. The van der Waals surface area contributed by atoms with E-state index in [1.165, 1.54) is 19.2 Å². The summed E-state index contributed by atoms with van der Waals surface area (Å²) in [6.45, 7) is 1.79. The van der Waals surface area contributed by atoms with Crippen molar-refractivity contribution in [2.75, 3.05) is 7.11 Å². The van der Waals surface area contributed by atoms with Crippen LogP contribution in [0.5, 0.6) is 11.5 Å². The van der Waals surface area contributed by atoms with Crippen molar-refractivity contribution in [2.24, 2.45) is 0 Å². The fraction of sp³-hybridized carbons (Fsp3) is 0.526. The van der Waals surface area contributed by atoms with Crippen LogP contribution in [0.3, 0.4) is 0 Å². The van der Waals surface area contributed by atoms with Gasteiger partial charge in [0.25, 0.3) is 0 Å². The average Bonchev–Trinajstić information content (AvgIpc) is 2.56. The number of carbonyl (C=O) groups is 1. The van der Waals surface area contributed by atoms with Gasteiger partial charge in [-0.2, -0.15) is 0 Å². The van der Waals surface area contributed by atoms with Crippen LogP contribution >= 0.6 is 0 Å². The highest BCUT2D eigenvalue weighted by Crippen LogP contribution is 2.30. The number of phenols is 1. The molecule has 6 heteroatoms. The molecule has 0 saturated carbocycles. The Balaban J connectivity index is 2.37. The third-order valence-electron chi connectivity index (χ3n) is 4.33. The normalized spacial score (nSPS) is 26.9. The summed E-state index contributed by atoms with van der Waals surface area (Å²) < 4.78 is 10.7.